The Morgan fingerprint density at radius 1 is 1.27 bits per heavy atom. The van der Waals surface area contributed by atoms with Gasteiger partial charge in [-0.2, -0.15) is 0 Å². The Bertz CT molecular complexity index is 207. The minimum Gasteiger partial charge on any atom is -0.378 e. The van der Waals surface area contributed by atoms with E-state index in [-0.39, 0.29) is 0 Å². The van der Waals surface area contributed by atoms with E-state index in [9.17, 15) is 0 Å². The number of morpholine rings is 1. The summed E-state index contributed by atoms with van der Waals surface area (Å²) in [7, 11) is 0. The van der Waals surface area contributed by atoms with E-state index in [1.165, 1.54) is 25.7 Å². The van der Waals surface area contributed by atoms with Crippen molar-refractivity contribution in [2.24, 2.45) is 11.8 Å². The van der Waals surface area contributed by atoms with E-state index < -0.39 is 0 Å². The summed E-state index contributed by atoms with van der Waals surface area (Å²) < 4.78 is 5.81. The lowest BCUT2D eigenvalue weighted by Crippen LogP contribution is -2.61. The Hall–Kier alpha value is -0.0800. The largest absolute Gasteiger partial charge is 0.378 e. The summed E-state index contributed by atoms with van der Waals surface area (Å²) in [6.07, 6.45) is 5.33. The maximum atomic E-state index is 5.81. The van der Waals surface area contributed by atoms with Gasteiger partial charge in [0.1, 0.15) is 0 Å². The topological polar surface area (TPSA) is 21.3 Å². The van der Waals surface area contributed by atoms with E-state index in [4.69, 9.17) is 4.74 Å². The van der Waals surface area contributed by atoms with Gasteiger partial charge in [0, 0.05) is 11.6 Å². The molecule has 1 aliphatic carbocycles. The van der Waals surface area contributed by atoms with Gasteiger partial charge in [-0.15, -0.1) is 0 Å². The van der Waals surface area contributed by atoms with E-state index in [2.05, 4.69) is 26.1 Å². The highest BCUT2D eigenvalue weighted by Crippen LogP contribution is 2.34. The molecule has 1 spiro atoms. The molecule has 1 atom stereocenters. The Kier molecular flexibility index (Phi) is 3.36. The third-order valence-corrected chi connectivity index (χ3v) is 4.20. The van der Waals surface area contributed by atoms with Gasteiger partial charge in [-0.05, 0) is 37.5 Å². The van der Waals surface area contributed by atoms with Crippen LogP contribution in [0.25, 0.3) is 0 Å². The van der Waals surface area contributed by atoms with Crippen LogP contribution in [0.3, 0.4) is 0 Å². The first-order valence-electron chi connectivity index (χ1n) is 6.47. The van der Waals surface area contributed by atoms with E-state index in [0.717, 1.165) is 19.1 Å². The molecule has 15 heavy (non-hydrogen) atoms. The van der Waals surface area contributed by atoms with Crippen LogP contribution >= 0.6 is 0 Å². The van der Waals surface area contributed by atoms with Crippen molar-refractivity contribution in [3.8, 4) is 0 Å². The summed E-state index contributed by atoms with van der Waals surface area (Å²) in [6, 6.07) is 0.562. The van der Waals surface area contributed by atoms with E-state index in [1.807, 2.05) is 0 Å². The van der Waals surface area contributed by atoms with Crippen molar-refractivity contribution in [3.05, 3.63) is 0 Å². The fourth-order valence-electron chi connectivity index (χ4n) is 2.82. The molecular formula is C13H25NO. The standard InChI is InChI=1S/C13H25NO/c1-10(2)12-8-15-9-13(14-12)6-4-11(3)5-7-13/h10-12,14H,4-9H2,1-3H3/t11?,12-,13?/m1/s1. The first kappa shape index (κ1) is 11.4. The number of hydrogen-bond acceptors (Lipinski definition) is 2. The van der Waals surface area contributed by atoms with Crippen molar-refractivity contribution in [1.82, 2.24) is 5.32 Å². The lowest BCUT2D eigenvalue weighted by Gasteiger charge is -2.47. The van der Waals surface area contributed by atoms with Gasteiger partial charge in [-0.3, -0.25) is 0 Å². The molecule has 1 saturated heterocycles. The Labute approximate surface area is 93.8 Å². The third kappa shape index (κ3) is 2.54. The quantitative estimate of drug-likeness (QED) is 0.720. The minimum atomic E-state index is 0.319. The van der Waals surface area contributed by atoms with Crippen LogP contribution in [-0.4, -0.2) is 24.8 Å². The second-order valence-electron chi connectivity index (χ2n) is 5.97. The van der Waals surface area contributed by atoms with Crippen LogP contribution < -0.4 is 5.32 Å². The van der Waals surface area contributed by atoms with Crippen LogP contribution in [0.2, 0.25) is 0 Å². The zero-order valence-corrected chi connectivity index (χ0v) is 10.4. The molecular weight excluding hydrogens is 186 g/mol. The van der Waals surface area contributed by atoms with Crippen LogP contribution in [0.4, 0.5) is 0 Å². The lowest BCUT2D eigenvalue weighted by atomic mass is 9.76. The lowest BCUT2D eigenvalue weighted by molar-refractivity contribution is -0.0325. The predicted octanol–water partition coefficient (Wildman–Crippen LogP) is 2.58. The summed E-state index contributed by atoms with van der Waals surface area (Å²) in [6.45, 7) is 8.77. The molecule has 0 aromatic rings. The zero-order valence-electron chi connectivity index (χ0n) is 10.4. The second kappa shape index (κ2) is 4.42. The summed E-state index contributed by atoms with van der Waals surface area (Å²) in [5.74, 6) is 1.60. The van der Waals surface area contributed by atoms with Gasteiger partial charge in [0.05, 0.1) is 13.2 Å². The third-order valence-electron chi connectivity index (χ3n) is 4.20. The molecule has 0 aromatic carbocycles. The molecule has 88 valence electrons. The summed E-state index contributed by atoms with van der Waals surface area (Å²) in [5.41, 5.74) is 0.319. The number of nitrogens with one attached hydrogen (secondary N) is 1. The van der Waals surface area contributed by atoms with Crippen molar-refractivity contribution in [1.29, 1.82) is 0 Å². The van der Waals surface area contributed by atoms with E-state index in [1.54, 1.807) is 0 Å². The summed E-state index contributed by atoms with van der Waals surface area (Å²) in [4.78, 5) is 0. The molecule has 1 N–H and O–H groups in total. The Balaban J connectivity index is 1.96. The molecule has 2 nitrogen and oxygen atoms in total. The van der Waals surface area contributed by atoms with Crippen molar-refractivity contribution in [3.63, 3.8) is 0 Å². The average molecular weight is 211 g/mol. The number of hydrogen-bond donors (Lipinski definition) is 1. The van der Waals surface area contributed by atoms with Crippen molar-refractivity contribution >= 4 is 0 Å². The fraction of sp³-hybridized carbons (Fsp3) is 1.00. The van der Waals surface area contributed by atoms with Gasteiger partial charge < -0.3 is 10.1 Å². The van der Waals surface area contributed by atoms with E-state index >= 15 is 0 Å². The molecule has 1 aliphatic heterocycles. The minimum absolute atomic E-state index is 0.319. The molecule has 0 bridgehead atoms. The van der Waals surface area contributed by atoms with Crippen LogP contribution in [0.5, 0.6) is 0 Å². The molecule has 1 heterocycles. The second-order valence-corrected chi connectivity index (χ2v) is 5.97. The predicted molar refractivity (Wildman–Crippen MR) is 62.9 cm³/mol. The van der Waals surface area contributed by atoms with Gasteiger partial charge in [-0.1, -0.05) is 20.8 Å². The Morgan fingerprint density at radius 2 is 1.93 bits per heavy atom. The molecule has 0 aromatic heterocycles. The van der Waals surface area contributed by atoms with Crippen molar-refractivity contribution in [2.45, 2.75) is 58.0 Å². The molecule has 0 radical (unpaired) electrons. The fourth-order valence-corrected chi connectivity index (χ4v) is 2.82. The average Bonchev–Trinajstić information content (AvgIpc) is 2.23. The van der Waals surface area contributed by atoms with Gasteiger partial charge >= 0.3 is 0 Å². The van der Waals surface area contributed by atoms with Crippen LogP contribution in [-0.2, 0) is 4.74 Å². The molecule has 2 heteroatoms. The van der Waals surface area contributed by atoms with E-state index in [0.29, 0.717) is 17.5 Å². The maximum Gasteiger partial charge on any atom is 0.0649 e. The smallest absolute Gasteiger partial charge is 0.0649 e. The monoisotopic (exact) mass is 211 g/mol. The zero-order chi connectivity index (χ0) is 10.9. The summed E-state index contributed by atoms with van der Waals surface area (Å²) in [5, 5.41) is 3.86. The first-order chi connectivity index (χ1) is 7.11. The highest BCUT2D eigenvalue weighted by molar-refractivity contribution is 4.97. The normalized spacial score (nSPS) is 42.4. The van der Waals surface area contributed by atoms with Crippen LogP contribution in [0.15, 0.2) is 0 Å². The van der Waals surface area contributed by atoms with Crippen molar-refractivity contribution in [2.75, 3.05) is 13.2 Å². The van der Waals surface area contributed by atoms with Gasteiger partial charge in [-0.25, -0.2) is 0 Å². The molecule has 2 aliphatic rings. The van der Waals surface area contributed by atoms with Gasteiger partial charge in [0.15, 0.2) is 0 Å². The van der Waals surface area contributed by atoms with Crippen LogP contribution in [0, 0.1) is 11.8 Å². The highest BCUT2D eigenvalue weighted by Gasteiger charge is 2.39. The SMILES string of the molecule is CC1CCC2(CC1)COC[C@H](C(C)C)N2. The molecule has 0 amide bonds. The number of ether oxygens (including phenoxy) is 1. The maximum absolute atomic E-state index is 5.81. The Morgan fingerprint density at radius 3 is 2.53 bits per heavy atom. The summed E-state index contributed by atoms with van der Waals surface area (Å²) >= 11 is 0. The first-order valence-corrected chi connectivity index (χ1v) is 6.47. The van der Waals surface area contributed by atoms with Crippen molar-refractivity contribution < 1.29 is 4.74 Å². The molecule has 1 saturated carbocycles. The highest BCUT2D eigenvalue weighted by atomic mass is 16.5. The molecule has 2 rings (SSSR count). The van der Waals surface area contributed by atoms with Crippen LogP contribution in [0.1, 0.15) is 46.5 Å². The van der Waals surface area contributed by atoms with Gasteiger partial charge in [0.2, 0.25) is 0 Å². The number of rotatable bonds is 1. The molecule has 0 unspecified atom stereocenters. The van der Waals surface area contributed by atoms with Gasteiger partial charge in [0.25, 0.3) is 0 Å². The molecule has 2 fully saturated rings.